The summed E-state index contributed by atoms with van der Waals surface area (Å²) in [7, 11) is 0. The van der Waals surface area contributed by atoms with Gasteiger partial charge in [0.1, 0.15) is 5.76 Å². The van der Waals surface area contributed by atoms with Gasteiger partial charge in [0.25, 0.3) is 5.22 Å². The normalized spacial score (nSPS) is 11.1. The summed E-state index contributed by atoms with van der Waals surface area (Å²) in [6, 6.07) is 7.27. The van der Waals surface area contributed by atoms with Crippen molar-refractivity contribution in [1.29, 1.82) is 0 Å². The molecule has 9 heteroatoms. The van der Waals surface area contributed by atoms with Crippen LogP contribution >= 0.6 is 11.8 Å². The fraction of sp³-hybridized carbons (Fsp3) is 0.211. The van der Waals surface area contributed by atoms with Crippen molar-refractivity contribution in [2.75, 3.05) is 5.75 Å². The zero-order chi connectivity index (χ0) is 19.7. The van der Waals surface area contributed by atoms with Crippen LogP contribution < -0.4 is 0 Å². The maximum atomic E-state index is 12.7. The lowest BCUT2D eigenvalue weighted by Crippen LogP contribution is -2.05. The monoisotopic (exact) mass is 395 g/mol. The fourth-order valence-electron chi connectivity index (χ4n) is 2.94. The van der Waals surface area contributed by atoms with Gasteiger partial charge in [0.15, 0.2) is 11.6 Å². The molecule has 4 aromatic rings. The van der Waals surface area contributed by atoms with Crippen molar-refractivity contribution in [2.45, 2.75) is 26.0 Å². The Balaban J connectivity index is 1.48. The predicted octanol–water partition coefficient (Wildman–Crippen LogP) is 3.81. The molecule has 0 spiro atoms. The Kier molecular flexibility index (Phi) is 4.82. The van der Waals surface area contributed by atoms with Gasteiger partial charge in [-0.25, -0.2) is 0 Å². The topological polar surface area (TPSA) is 99.8 Å². The highest BCUT2D eigenvalue weighted by molar-refractivity contribution is 7.99. The Bertz CT molecular complexity index is 1130. The lowest BCUT2D eigenvalue weighted by atomic mass is 10.2. The standard InChI is InChI=1S/C19H17N5O3S/c1-11-8-15(13(3)24(11)17-9-12(2)27-23-17)16(25)10-28-19-22-21-18(26-19)14-4-6-20-7-5-14/h4-9H,10H2,1-3H3. The number of aryl methyl sites for hydroxylation is 2. The lowest BCUT2D eigenvalue weighted by Gasteiger charge is -2.04. The number of carbonyl (C=O) groups is 1. The van der Waals surface area contributed by atoms with E-state index >= 15 is 0 Å². The minimum absolute atomic E-state index is 0.0202. The van der Waals surface area contributed by atoms with Gasteiger partial charge in [-0.3, -0.25) is 14.3 Å². The molecule has 0 aromatic carbocycles. The zero-order valence-electron chi connectivity index (χ0n) is 15.5. The molecule has 0 radical (unpaired) electrons. The molecule has 4 rings (SSSR count). The molecule has 0 fully saturated rings. The SMILES string of the molecule is Cc1cc(-n2c(C)cc(C(=O)CSc3nnc(-c4ccncc4)o3)c2C)no1. The molecule has 0 aliphatic heterocycles. The van der Waals surface area contributed by atoms with E-state index < -0.39 is 0 Å². The van der Waals surface area contributed by atoms with Crippen LogP contribution in [0, 0.1) is 20.8 Å². The molecule has 28 heavy (non-hydrogen) atoms. The second-order valence-corrected chi connectivity index (χ2v) is 7.16. The zero-order valence-corrected chi connectivity index (χ0v) is 16.4. The Morgan fingerprint density at radius 2 is 1.93 bits per heavy atom. The summed E-state index contributed by atoms with van der Waals surface area (Å²) in [5.74, 6) is 1.95. The van der Waals surface area contributed by atoms with Gasteiger partial charge in [-0.1, -0.05) is 16.9 Å². The summed E-state index contributed by atoms with van der Waals surface area (Å²) in [5, 5.41) is 12.4. The first-order valence-electron chi connectivity index (χ1n) is 8.55. The van der Waals surface area contributed by atoms with E-state index in [0.29, 0.717) is 28.3 Å². The van der Waals surface area contributed by atoms with Gasteiger partial charge in [-0.05, 0) is 39.0 Å². The third kappa shape index (κ3) is 3.48. The molecule has 0 saturated heterocycles. The van der Waals surface area contributed by atoms with E-state index in [9.17, 15) is 4.79 Å². The molecule has 0 unspecified atom stereocenters. The highest BCUT2D eigenvalue weighted by atomic mass is 32.2. The Hall–Kier alpha value is -3.20. The summed E-state index contributed by atoms with van der Waals surface area (Å²) in [6.45, 7) is 5.65. The van der Waals surface area contributed by atoms with Crippen molar-refractivity contribution >= 4 is 17.5 Å². The molecule has 0 N–H and O–H groups in total. The van der Waals surface area contributed by atoms with E-state index in [2.05, 4.69) is 20.3 Å². The molecular weight excluding hydrogens is 378 g/mol. The van der Waals surface area contributed by atoms with Gasteiger partial charge in [0.2, 0.25) is 5.89 Å². The van der Waals surface area contributed by atoms with Crippen LogP contribution in [0.5, 0.6) is 0 Å². The van der Waals surface area contributed by atoms with E-state index in [0.717, 1.165) is 17.0 Å². The van der Waals surface area contributed by atoms with Gasteiger partial charge >= 0.3 is 0 Å². The second-order valence-electron chi connectivity index (χ2n) is 6.24. The minimum Gasteiger partial charge on any atom is -0.411 e. The quantitative estimate of drug-likeness (QED) is 0.359. The van der Waals surface area contributed by atoms with Gasteiger partial charge in [-0.2, -0.15) is 0 Å². The van der Waals surface area contributed by atoms with E-state index in [4.69, 9.17) is 8.94 Å². The summed E-state index contributed by atoms with van der Waals surface area (Å²) < 4.78 is 12.7. The Morgan fingerprint density at radius 3 is 2.64 bits per heavy atom. The molecule has 4 heterocycles. The van der Waals surface area contributed by atoms with Crippen LogP contribution in [-0.2, 0) is 0 Å². The van der Waals surface area contributed by atoms with Crippen LogP contribution in [0.25, 0.3) is 17.3 Å². The average Bonchev–Trinajstić information content (AvgIpc) is 3.40. The number of pyridine rings is 1. The molecule has 0 atom stereocenters. The number of thioether (sulfide) groups is 1. The van der Waals surface area contributed by atoms with E-state index in [1.54, 1.807) is 24.5 Å². The molecule has 0 bridgehead atoms. The molecule has 0 aliphatic carbocycles. The largest absolute Gasteiger partial charge is 0.411 e. The van der Waals surface area contributed by atoms with Crippen molar-refractivity contribution in [3.05, 3.63) is 59.4 Å². The van der Waals surface area contributed by atoms with Gasteiger partial charge in [0.05, 0.1) is 5.75 Å². The van der Waals surface area contributed by atoms with Crippen molar-refractivity contribution in [1.82, 2.24) is 24.9 Å². The van der Waals surface area contributed by atoms with Crippen LogP contribution in [0.1, 0.15) is 27.5 Å². The van der Waals surface area contributed by atoms with Crippen LogP contribution in [0.15, 0.2) is 50.8 Å². The van der Waals surface area contributed by atoms with Crippen molar-refractivity contribution < 1.29 is 13.7 Å². The van der Waals surface area contributed by atoms with Crippen molar-refractivity contribution in [3.63, 3.8) is 0 Å². The molecule has 0 aliphatic rings. The average molecular weight is 395 g/mol. The number of hydrogen-bond donors (Lipinski definition) is 0. The minimum atomic E-state index is -0.0202. The summed E-state index contributed by atoms with van der Waals surface area (Å²) in [4.78, 5) is 16.7. The number of aromatic nitrogens is 5. The summed E-state index contributed by atoms with van der Waals surface area (Å²) in [5.41, 5.74) is 3.16. The van der Waals surface area contributed by atoms with Gasteiger partial charge < -0.3 is 8.94 Å². The van der Waals surface area contributed by atoms with Gasteiger partial charge in [-0.15, -0.1) is 10.2 Å². The Morgan fingerprint density at radius 1 is 1.14 bits per heavy atom. The molecule has 0 amide bonds. The predicted molar refractivity (Wildman–Crippen MR) is 103 cm³/mol. The Labute approximate surface area is 165 Å². The first-order chi connectivity index (χ1) is 13.5. The number of nitrogens with zero attached hydrogens (tertiary/aromatic N) is 5. The van der Waals surface area contributed by atoms with Crippen LogP contribution in [0.4, 0.5) is 0 Å². The second kappa shape index (κ2) is 7.43. The van der Waals surface area contributed by atoms with Crippen LogP contribution in [0.3, 0.4) is 0 Å². The van der Waals surface area contributed by atoms with Crippen molar-refractivity contribution in [3.8, 4) is 17.3 Å². The number of carbonyl (C=O) groups excluding carboxylic acids is 1. The third-order valence-electron chi connectivity index (χ3n) is 4.24. The smallest absolute Gasteiger partial charge is 0.277 e. The van der Waals surface area contributed by atoms with E-state index in [1.165, 1.54) is 11.8 Å². The number of hydrogen-bond acceptors (Lipinski definition) is 8. The summed E-state index contributed by atoms with van der Waals surface area (Å²) >= 11 is 1.21. The molecule has 142 valence electrons. The van der Waals surface area contributed by atoms with E-state index in [1.807, 2.05) is 37.5 Å². The first kappa shape index (κ1) is 18.2. The molecule has 4 aromatic heterocycles. The van der Waals surface area contributed by atoms with E-state index in [-0.39, 0.29) is 11.5 Å². The maximum Gasteiger partial charge on any atom is 0.277 e. The maximum absolute atomic E-state index is 12.7. The third-order valence-corrected chi connectivity index (χ3v) is 5.06. The highest BCUT2D eigenvalue weighted by Crippen LogP contribution is 2.25. The highest BCUT2D eigenvalue weighted by Gasteiger charge is 2.19. The van der Waals surface area contributed by atoms with Gasteiger partial charge in [0, 0.05) is 41.0 Å². The lowest BCUT2D eigenvalue weighted by molar-refractivity contribution is 0.102. The fourth-order valence-corrected chi connectivity index (χ4v) is 3.59. The molecular formula is C19H17N5O3S. The number of rotatable bonds is 6. The molecule has 8 nitrogen and oxygen atoms in total. The number of Topliss-reactive ketones (excluding diaryl/α,β-unsaturated/α-hetero) is 1. The van der Waals surface area contributed by atoms with Crippen molar-refractivity contribution in [2.24, 2.45) is 0 Å². The van der Waals surface area contributed by atoms with Crippen LogP contribution in [-0.4, -0.2) is 36.4 Å². The first-order valence-corrected chi connectivity index (χ1v) is 9.54. The molecule has 0 saturated carbocycles. The number of ketones is 1. The van der Waals surface area contributed by atoms with Crippen LogP contribution in [0.2, 0.25) is 0 Å². The summed E-state index contributed by atoms with van der Waals surface area (Å²) in [6.07, 6.45) is 3.31.